The van der Waals surface area contributed by atoms with Crippen molar-refractivity contribution in [3.8, 4) is 0 Å². The molecule has 26 heavy (non-hydrogen) atoms. The van der Waals surface area contributed by atoms with Crippen LogP contribution < -0.4 is 4.90 Å². The maximum atomic E-state index is 13.1. The van der Waals surface area contributed by atoms with Gasteiger partial charge in [0.15, 0.2) is 0 Å². The van der Waals surface area contributed by atoms with Crippen LogP contribution in [0.1, 0.15) is 77.8 Å². The van der Waals surface area contributed by atoms with Crippen molar-refractivity contribution >= 4 is 11.9 Å². The number of ether oxygens (including phenoxy) is 1. The van der Waals surface area contributed by atoms with Crippen LogP contribution in [-0.2, 0) is 4.74 Å². The van der Waals surface area contributed by atoms with Gasteiger partial charge >= 0.3 is 6.09 Å². The SMILES string of the molecule is CCN1CCC[C@@H]1c1cccnc1N(C(=O)OC(C)(C)C)C1CCCC1. The summed E-state index contributed by atoms with van der Waals surface area (Å²) < 4.78 is 5.77. The third-order valence-electron chi connectivity index (χ3n) is 5.45. The molecular formula is C21H33N3O2. The number of hydrogen-bond donors (Lipinski definition) is 0. The Morgan fingerprint density at radius 3 is 2.65 bits per heavy atom. The standard InChI is InChI=1S/C21H33N3O2/c1-5-23-15-9-13-18(23)17-12-8-14-22-19(17)24(16-10-6-7-11-16)20(25)26-21(2,3)4/h8,12,14,16,18H,5-7,9-11,13,15H2,1-4H3/t18-/m1/s1. The molecular weight excluding hydrogens is 326 g/mol. The third kappa shape index (κ3) is 4.20. The van der Waals surface area contributed by atoms with Gasteiger partial charge in [0.05, 0.1) is 0 Å². The number of nitrogens with zero attached hydrogens (tertiary/aromatic N) is 3. The predicted molar refractivity (Wildman–Crippen MR) is 104 cm³/mol. The first-order valence-corrected chi connectivity index (χ1v) is 10.1. The first kappa shape index (κ1) is 19.2. The van der Waals surface area contributed by atoms with E-state index in [1.807, 2.05) is 31.7 Å². The van der Waals surface area contributed by atoms with Crippen LogP contribution >= 0.6 is 0 Å². The Hall–Kier alpha value is -1.62. The van der Waals surface area contributed by atoms with Gasteiger partial charge in [-0.25, -0.2) is 9.78 Å². The summed E-state index contributed by atoms with van der Waals surface area (Å²) in [4.78, 5) is 22.2. The minimum atomic E-state index is -0.508. The highest BCUT2D eigenvalue weighted by atomic mass is 16.6. The van der Waals surface area contributed by atoms with Crippen molar-refractivity contribution in [3.63, 3.8) is 0 Å². The van der Waals surface area contributed by atoms with E-state index in [0.29, 0.717) is 6.04 Å². The van der Waals surface area contributed by atoms with Crippen LogP contribution in [0.15, 0.2) is 18.3 Å². The van der Waals surface area contributed by atoms with Crippen molar-refractivity contribution in [1.82, 2.24) is 9.88 Å². The van der Waals surface area contributed by atoms with Gasteiger partial charge in [0.2, 0.25) is 0 Å². The molecule has 0 N–H and O–H groups in total. The molecule has 1 aliphatic carbocycles. The van der Waals surface area contributed by atoms with Gasteiger partial charge in [-0.05, 0) is 65.6 Å². The van der Waals surface area contributed by atoms with E-state index < -0.39 is 5.60 Å². The van der Waals surface area contributed by atoms with Gasteiger partial charge in [0, 0.05) is 23.8 Å². The van der Waals surface area contributed by atoms with Crippen LogP contribution in [-0.4, -0.2) is 40.7 Å². The van der Waals surface area contributed by atoms with E-state index in [0.717, 1.165) is 51.0 Å². The van der Waals surface area contributed by atoms with Crippen molar-refractivity contribution in [2.45, 2.75) is 83.9 Å². The van der Waals surface area contributed by atoms with Crippen LogP contribution in [0.2, 0.25) is 0 Å². The van der Waals surface area contributed by atoms with Crippen LogP contribution in [0, 0.1) is 0 Å². The maximum absolute atomic E-state index is 13.1. The van der Waals surface area contributed by atoms with Crippen molar-refractivity contribution in [2.24, 2.45) is 0 Å². The monoisotopic (exact) mass is 359 g/mol. The summed E-state index contributed by atoms with van der Waals surface area (Å²) in [7, 11) is 0. The molecule has 5 nitrogen and oxygen atoms in total. The fourth-order valence-electron chi connectivity index (χ4n) is 4.31. The van der Waals surface area contributed by atoms with Crippen molar-refractivity contribution in [2.75, 3.05) is 18.0 Å². The Labute approximate surface area is 157 Å². The van der Waals surface area contributed by atoms with Crippen LogP contribution in [0.3, 0.4) is 0 Å². The molecule has 0 unspecified atom stereocenters. The van der Waals surface area contributed by atoms with E-state index >= 15 is 0 Å². The molecule has 0 bridgehead atoms. The van der Waals surface area contributed by atoms with Gasteiger partial charge in [0.1, 0.15) is 11.4 Å². The van der Waals surface area contributed by atoms with Crippen LogP contribution in [0.4, 0.5) is 10.6 Å². The molecule has 2 fully saturated rings. The van der Waals surface area contributed by atoms with Crippen molar-refractivity contribution < 1.29 is 9.53 Å². The molecule has 1 amide bonds. The number of carbonyl (C=O) groups excluding carboxylic acids is 1. The summed E-state index contributed by atoms with van der Waals surface area (Å²) in [5.41, 5.74) is 0.663. The number of aromatic nitrogens is 1. The third-order valence-corrected chi connectivity index (χ3v) is 5.45. The lowest BCUT2D eigenvalue weighted by Crippen LogP contribution is -2.44. The summed E-state index contributed by atoms with van der Waals surface area (Å²) in [5, 5.41) is 0. The van der Waals surface area contributed by atoms with E-state index in [9.17, 15) is 4.79 Å². The summed E-state index contributed by atoms with van der Waals surface area (Å²) >= 11 is 0. The van der Waals surface area contributed by atoms with Crippen LogP contribution in [0.5, 0.6) is 0 Å². The van der Waals surface area contributed by atoms with E-state index in [4.69, 9.17) is 4.74 Å². The van der Waals surface area contributed by atoms with Crippen LogP contribution in [0.25, 0.3) is 0 Å². The first-order valence-electron chi connectivity index (χ1n) is 10.1. The Morgan fingerprint density at radius 2 is 2.00 bits per heavy atom. The summed E-state index contributed by atoms with van der Waals surface area (Å²) in [6, 6.07) is 4.67. The number of likely N-dealkylation sites (tertiary alicyclic amines) is 1. The first-order chi connectivity index (χ1) is 12.4. The number of hydrogen-bond acceptors (Lipinski definition) is 4. The molecule has 1 aromatic heterocycles. The van der Waals surface area contributed by atoms with Crippen molar-refractivity contribution in [1.29, 1.82) is 0 Å². The molecule has 2 aliphatic rings. The number of pyridine rings is 1. The second-order valence-electron chi connectivity index (χ2n) is 8.49. The zero-order valence-corrected chi connectivity index (χ0v) is 16.7. The number of rotatable bonds is 4. The number of carbonyl (C=O) groups is 1. The highest BCUT2D eigenvalue weighted by molar-refractivity contribution is 5.88. The fourth-order valence-corrected chi connectivity index (χ4v) is 4.31. The Balaban J connectivity index is 1.97. The Morgan fingerprint density at radius 1 is 1.27 bits per heavy atom. The molecule has 0 radical (unpaired) electrons. The normalized spacial score (nSPS) is 21.9. The smallest absolute Gasteiger partial charge is 0.416 e. The molecule has 0 spiro atoms. The van der Waals surface area contributed by atoms with Gasteiger partial charge in [-0.3, -0.25) is 9.80 Å². The van der Waals surface area contributed by atoms with E-state index in [-0.39, 0.29) is 12.1 Å². The second kappa shape index (κ2) is 7.95. The fraction of sp³-hybridized carbons (Fsp3) is 0.714. The highest BCUT2D eigenvalue weighted by Gasteiger charge is 2.36. The van der Waals surface area contributed by atoms with Gasteiger partial charge in [-0.1, -0.05) is 25.8 Å². The summed E-state index contributed by atoms with van der Waals surface area (Å²) in [5.74, 6) is 0.805. The summed E-state index contributed by atoms with van der Waals surface area (Å²) in [6.07, 6.45) is 8.24. The topological polar surface area (TPSA) is 45.7 Å². The molecule has 1 aromatic rings. The van der Waals surface area contributed by atoms with E-state index in [2.05, 4.69) is 22.9 Å². The van der Waals surface area contributed by atoms with E-state index in [1.165, 1.54) is 12.0 Å². The zero-order valence-electron chi connectivity index (χ0n) is 16.7. The predicted octanol–water partition coefficient (Wildman–Crippen LogP) is 4.92. The average Bonchev–Trinajstić information content (AvgIpc) is 3.25. The maximum Gasteiger partial charge on any atom is 0.416 e. The minimum absolute atomic E-state index is 0.190. The molecule has 3 rings (SSSR count). The molecule has 144 valence electrons. The Kier molecular flexibility index (Phi) is 5.86. The zero-order chi connectivity index (χ0) is 18.7. The van der Waals surface area contributed by atoms with Gasteiger partial charge < -0.3 is 4.74 Å². The molecule has 1 aliphatic heterocycles. The number of amides is 1. The highest BCUT2D eigenvalue weighted by Crippen LogP contribution is 2.38. The lowest BCUT2D eigenvalue weighted by molar-refractivity contribution is 0.0564. The van der Waals surface area contributed by atoms with E-state index in [1.54, 1.807) is 6.20 Å². The molecule has 5 heteroatoms. The van der Waals surface area contributed by atoms with Gasteiger partial charge in [0.25, 0.3) is 0 Å². The molecule has 0 aromatic carbocycles. The second-order valence-corrected chi connectivity index (χ2v) is 8.49. The molecule has 1 atom stereocenters. The number of anilines is 1. The van der Waals surface area contributed by atoms with Gasteiger partial charge in [-0.2, -0.15) is 0 Å². The quantitative estimate of drug-likeness (QED) is 0.765. The molecule has 2 heterocycles. The largest absolute Gasteiger partial charge is 0.443 e. The minimum Gasteiger partial charge on any atom is -0.443 e. The molecule has 1 saturated heterocycles. The molecule has 1 saturated carbocycles. The lowest BCUT2D eigenvalue weighted by atomic mass is 10.0. The van der Waals surface area contributed by atoms with Crippen molar-refractivity contribution in [3.05, 3.63) is 23.9 Å². The average molecular weight is 360 g/mol. The summed E-state index contributed by atoms with van der Waals surface area (Å²) in [6.45, 7) is 10.1. The lowest BCUT2D eigenvalue weighted by Gasteiger charge is -2.34. The Bertz CT molecular complexity index is 620. The van der Waals surface area contributed by atoms with Gasteiger partial charge in [-0.15, -0.1) is 0 Å².